The van der Waals surface area contributed by atoms with Gasteiger partial charge in [0.1, 0.15) is 5.75 Å². The number of halogens is 3. The topological polar surface area (TPSA) is 35.2 Å². The second-order valence-corrected chi connectivity index (χ2v) is 4.07. The van der Waals surface area contributed by atoms with E-state index in [2.05, 4.69) is 0 Å². The summed E-state index contributed by atoms with van der Waals surface area (Å²) in [6.07, 6.45) is -0.0976. The molecule has 1 aromatic carbocycles. The maximum atomic E-state index is 12.5. The van der Waals surface area contributed by atoms with Crippen molar-refractivity contribution in [1.29, 1.82) is 0 Å². The Morgan fingerprint density at radius 3 is 2.73 bits per heavy atom. The minimum absolute atomic E-state index is 0.00334. The van der Waals surface area contributed by atoms with E-state index in [9.17, 15) is 8.78 Å². The average molecular weight is 234 g/mol. The highest BCUT2D eigenvalue weighted by Gasteiger charge is 2.57. The summed E-state index contributed by atoms with van der Waals surface area (Å²) in [5.74, 6) is -2.83. The predicted molar refractivity (Wildman–Crippen MR) is 54.4 cm³/mol. The molecule has 1 aliphatic carbocycles. The summed E-state index contributed by atoms with van der Waals surface area (Å²) in [5.41, 5.74) is 6.00. The maximum absolute atomic E-state index is 12.5. The van der Waals surface area contributed by atoms with Crippen LogP contribution in [0, 0.1) is 5.92 Å². The molecule has 5 heteroatoms. The third-order valence-electron chi connectivity index (χ3n) is 2.35. The normalized spacial score (nSPS) is 22.5. The molecule has 0 aliphatic heterocycles. The molecule has 15 heavy (non-hydrogen) atoms. The summed E-state index contributed by atoms with van der Waals surface area (Å²) in [6, 6.07) is 4.73. The van der Waals surface area contributed by atoms with Crippen molar-refractivity contribution in [2.45, 2.75) is 12.3 Å². The molecule has 1 unspecified atom stereocenters. The molecule has 1 aliphatic rings. The van der Waals surface area contributed by atoms with Crippen LogP contribution in [0.1, 0.15) is 6.42 Å². The van der Waals surface area contributed by atoms with Gasteiger partial charge in [-0.15, -0.1) is 0 Å². The van der Waals surface area contributed by atoms with Crippen LogP contribution in [0.2, 0.25) is 5.02 Å². The fourth-order valence-corrected chi connectivity index (χ4v) is 1.52. The van der Waals surface area contributed by atoms with Crippen molar-refractivity contribution in [3.05, 3.63) is 23.2 Å². The zero-order valence-corrected chi connectivity index (χ0v) is 8.60. The largest absolute Gasteiger partial charge is 0.492 e. The number of rotatable bonds is 3. The van der Waals surface area contributed by atoms with E-state index in [1.165, 1.54) is 6.07 Å². The van der Waals surface area contributed by atoms with Crippen molar-refractivity contribution in [2.24, 2.45) is 5.92 Å². The van der Waals surface area contributed by atoms with Crippen molar-refractivity contribution in [3.63, 3.8) is 0 Å². The van der Waals surface area contributed by atoms with Crippen molar-refractivity contribution >= 4 is 17.3 Å². The van der Waals surface area contributed by atoms with Crippen LogP contribution < -0.4 is 10.5 Å². The van der Waals surface area contributed by atoms with E-state index in [1.807, 2.05) is 0 Å². The van der Waals surface area contributed by atoms with Crippen LogP contribution in [0.5, 0.6) is 5.75 Å². The van der Waals surface area contributed by atoms with Crippen molar-refractivity contribution in [3.8, 4) is 5.75 Å². The first-order valence-electron chi connectivity index (χ1n) is 4.55. The fourth-order valence-electron chi connectivity index (χ4n) is 1.27. The van der Waals surface area contributed by atoms with Crippen LogP contribution in [-0.2, 0) is 0 Å². The molecule has 1 aromatic rings. The molecule has 0 radical (unpaired) electrons. The second kappa shape index (κ2) is 3.52. The quantitative estimate of drug-likeness (QED) is 0.815. The highest BCUT2D eigenvalue weighted by atomic mass is 35.5. The summed E-state index contributed by atoms with van der Waals surface area (Å²) in [7, 11) is 0. The molecular formula is C10H10ClF2NO. The van der Waals surface area contributed by atoms with Crippen LogP contribution in [0.3, 0.4) is 0 Å². The number of alkyl halides is 2. The van der Waals surface area contributed by atoms with Crippen molar-refractivity contribution in [2.75, 3.05) is 12.3 Å². The molecular weight excluding hydrogens is 224 g/mol. The first-order chi connectivity index (χ1) is 6.99. The Labute approximate surface area is 91.0 Å². The number of hydrogen-bond donors (Lipinski definition) is 1. The van der Waals surface area contributed by atoms with Gasteiger partial charge in [-0.2, -0.15) is 0 Å². The zero-order chi connectivity index (χ0) is 11.1. The lowest BCUT2D eigenvalue weighted by Gasteiger charge is -2.07. The summed E-state index contributed by atoms with van der Waals surface area (Å²) in [5, 5.41) is 0.346. The Morgan fingerprint density at radius 1 is 1.53 bits per heavy atom. The second-order valence-electron chi connectivity index (χ2n) is 3.66. The van der Waals surface area contributed by atoms with Gasteiger partial charge in [-0.05, 0) is 18.2 Å². The summed E-state index contributed by atoms with van der Waals surface area (Å²) < 4.78 is 30.2. The summed E-state index contributed by atoms with van der Waals surface area (Å²) in [4.78, 5) is 0. The van der Waals surface area contributed by atoms with Gasteiger partial charge in [0.2, 0.25) is 0 Å². The smallest absolute Gasteiger partial charge is 0.255 e. The fraction of sp³-hybridized carbons (Fsp3) is 0.400. The number of anilines is 1. The van der Waals surface area contributed by atoms with E-state index < -0.39 is 11.8 Å². The molecule has 1 fully saturated rings. The van der Waals surface area contributed by atoms with Gasteiger partial charge in [-0.3, -0.25) is 0 Å². The predicted octanol–water partition coefficient (Wildman–Crippen LogP) is 2.96. The number of benzene rings is 1. The van der Waals surface area contributed by atoms with Gasteiger partial charge in [-0.25, -0.2) is 8.78 Å². The van der Waals surface area contributed by atoms with Crippen LogP contribution in [0.15, 0.2) is 18.2 Å². The van der Waals surface area contributed by atoms with Gasteiger partial charge in [0.25, 0.3) is 5.92 Å². The highest BCUT2D eigenvalue weighted by molar-refractivity contribution is 6.32. The van der Waals surface area contributed by atoms with Gasteiger partial charge in [0.15, 0.2) is 0 Å². The first-order valence-corrected chi connectivity index (χ1v) is 4.92. The van der Waals surface area contributed by atoms with Gasteiger partial charge in [0, 0.05) is 12.1 Å². The van der Waals surface area contributed by atoms with E-state index in [0.29, 0.717) is 16.5 Å². The third-order valence-corrected chi connectivity index (χ3v) is 2.65. The van der Waals surface area contributed by atoms with Crippen molar-refractivity contribution in [1.82, 2.24) is 0 Å². The van der Waals surface area contributed by atoms with Crippen molar-refractivity contribution < 1.29 is 13.5 Å². The number of nitrogens with two attached hydrogens (primary N) is 1. The van der Waals surface area contributed by atoms with E-state index >= 15 is 0 Å². The first kappa shape index (κ1) is 10.5. The van der Waals surface area contributed by atoms with Gasteiger partial charge in [0.05, 0.1) is 17.5 Å². The molecule has 0 aromatic heterocycles. The molecule has 2 N–H and O–H groups in total. The Kier molecular flexibility index (Phi) is 2.46. The third kappa shape index (κ3) is 2.31. The Balaban J connectivity index is 1.94. The Bertz CT molecular complexity index is 384. The lowest BCUT2D eigenvalue weighted by atomic mass is 10.3. The SMILES string of the molecule is Nc1ccc(OCC2CC2(F)F)c(Cl)c1. The number of hydrogen-bond acceptors (Lipinski definition) is 2. The molecule has 0 saturated heterocycles. The minimum atomic E-state index is -2.56. The molecule has 0 spiro atoms. The van der Waals surface area contributed by atoms with Gasteiger partial charge < -0.3 is 10.5 Å². The lowest BCUT2D eigenvalue weighted by molar-refractivity contribution is 0.0856. The highest BCUT2D eigenvalue weighted by Crippen LogP contribution is 2.48. The van der Waals surface area contributed by atoms with Crippen LogP contribution in [0.25, 0.3) is 0 Å². The summed E-state index contributed by atoms with van der Waals surface area (Å²) in [6.45, 7) is -0.00334. The molecule has 0 bridgehead atoms. The Morgan fingerprint density at radius 2 is 2.20 bits per heavy atom. The minimum Gasteiger partial charge on any atom is -0.492 e. The molecule has 2 rings (SSSR count). The molecule has 1 atom stereocenters. The van der Waals surface area contributed by atoms with E-state index in [0.717, 1.165) is 0 Å². The zero-order valence-electron chi connectivity index (χ0n) is 7.84. The van der Waals surface area contributed by atoms with E-state index in [-0.39, 0.29) is 13.0 Å². The maximum Gasteiger partial charge on any atom is 0.255 e. The molecule has 2 nitrogen and oxygen atoms in total. The van der Waals surface area contributed by atoms with Crippen LogP contribution in [0.4, 0.5) is 14.5 Å². The van der Waals surface area contributed by atoms with E-state index in [4.69, 9.17) is 22.1 Å². The van der Waals surface area contributed by atoms with E-state index in [1.54, 1.807) is 12.1 Å². The summed E-state index contributed by atoms with van der Waals surface area (Å²) >= 11 is 5.81. The molecule has 0 heterocycles. The number of nitrogen functional groups attached to an aromatic ring is 1. The lowest BCUT2D eigenvalue weighted by Crippen LogP contribution is -2.05. The van der Waals surface area contributed by atoms with Gasteiger partial charge in [-0.1, -0.05) is 11.6 Å². The van der Waals surface area contributed by atoms with Gasteiger partial charge >= 0.3 is 0 Å². The average Bonchev–Trinajstić information content (AvgIpc) is 2.73. The molecule has 82 valence electrons. The number of ether oxygens (including phenoxy) is 1. The molecule has 0 amide bonds. The standard InChI is InChI=1S/C10H10ClF2NO/c11-8-3-7(14)1-2-9(8)15-5-6-4-10(6,12)13/h1-3,6H,4-5,14H2. The molecule has 1 saturated carbocycles. The monoisotopic (exact) mass is 233 g/mol. The van der Waals surface area contributed by atoms with Crippen LogP contribution >= 0.6 is 11.6 Å². The Hall–Kier alpha value is -1.03. The van der Waals surface area contributed by atoms with Crippen LogP contribution in [-0.4, -0.2) is 12.5 Å².